The van der Waals surface area contributed by atoms with E-state index in [1.165, 1.54) is 0 Å². The third-order valence-electron chi connectivity index (χ3n) is 3.59. The minimum absolute atomic E-state index is 0.515. The summed E-state index contributed by atoms with van der Waals surface area (Å²) in [6, 6.07) is 7.78. The van der Waals surface area contributed by atoms with Crippen molar-refractivity contribution in [3.05, 3.63) is 40.8 Å². The molecule has 2 aliphatic rings. The van der Waals surface area contributed by atoms with Gasteiger partial charge in [-0.2, -0.15) is 0 Å². The van der Waals surface area contributed by atoms with Gasteiger partial charge in [-0.25, -0.2) is 4.79 Å². The molecule has 1 aromatic rings. The highest BCUT2D eigenvalue weighted by Crippen LogP contribution is 2.35. The van der Waals surface area contributed by atoms with Crippen LogP contribution in [0.25, 0.3) is 10.4 Å². The molecular formula is C13H13N3O5S. The molecule has 2 fully saturated rings. The summed E-state index contributed by atoms with van der Waals surface area (Å²) in [5.74, 6) is 0. The lowest BCUT2D eigenvalue weighted by atomic mass is 9.99. The smallest absolute Gasteiger partial charge is 0.426 e. The number of hydrogen-bond acceptors (Lipinski definition) is 6. The van der Waals surface area contributed by atoms with Crippen LogP contribution in [0.2, 0.25) is 0 Å². The van der Waals surface area contributed by atoms with Gasteiger partial charge in [-0.05, 0) is 24.6 Å². The third-order valence-corrected chi connectivity index (χ3v) is 5.14. The molecule has 0 aliphatic carbocycles. The van der Waals surface area contributed by atoms with Gasteiger partial charge in [0.2, 0.25) is 0 Å². The highest BCUT2D eigenvalue weighted by molar-refractivity contribution is 7.85. The van der Waals surface area contributed by atoms with Crippen LogP contribution in [0.1, 0.15) is 6.92 Å². The largest absolute Gasteiger partial charge is 0.509 e. The van der Waals surface area contributed by atoms with Gasteiger partial charge in [0.25, 0.3) is 0 Å². The van der Waals surface area contributed by atoms with Crippen LogP contribution >= 0.6 is 0 Å². The highest BCUT2D eigenvalue weighted by atomic mass is 32.2. The highest BCUT2D eigenvalue weighted by Gasteiger charge is 2.54. The number of carbonyl (C=O) groups is 1. The van der Waals surface area contributed by atoms with Crippen LogP contribution < -0.4 is 0 Å². The SMILES string of the molecule is CC1OC(S(=O)c2ccccc2)C(N=[N+]=[N-])C2OC(=O)OC12. The Hall–Kier alpha value is -2.09. The first-order valence-electron chi connectivity index (χ1n) is 6.64. The van der Waals surface area contributed by atoms with Crippen molar-refractivity contribution in [3.63, 3.8) is 0 Å². The maximum absolute atomic E-state index is 12.7. The van der Waals surface area contributed by atoms with Gasteiger partial charge in [0, 0.05) is 9.81 Å². The number of nitrogens with zero attached hydrogens (tertiary/aromatic N) is 3. The van der Waals surface area contributed by atoms with Gasteiger partial charge < -0.3 is 14.2 Å². The van der Waals surface area contributed by atoms with Crippen LogP contribution in [-0.4, -0.2) is 40.2 Å². The van der Waals surface area contributed by atoms with Gasteiger partial charge in [-0.15, -0.1) is 0 Å². The first-order valence-corrected chi connectivity index (χ1v) is 7.85. The van der Waals surface area contributed by atoms with E-state index in [-0.39, 0.29) is 0 Å². The Morgan fingerprint density at radius 3 is 2.59 bits per heavy atom. The molecule has 9 heteroatoms. The average molecular weight is 323 g/mol. The van der Waals surface area contributed by atoms with Crippen molar-refractivity contribution in [2.45, 2.75) is 41.6 Å². The van der Waals surface area contributed by atoms with Gasteiger partial charge in [-0.1, -0.05) is 23.3 Å². The van der Waals surface area contributed by atoms with E-state index >= 15 is 0 Å². The minimum atomic E-state index is -1.58. The molecule has 8 nitrogen and oxygen atoms in total. The van der Waals surface area contributed by atoms with E-state index in [2.05, 4.69) is 10.0 Å². The first kappa shape index (κ1) is 14.8. The quantitative estimate of drug-likeness (QED) is 0.366. The Balaban J connectivity index is 1.94. The summed E-state index contributed by atoms with van der Waals surface area (Å²) in [7, 11) is -1.58. The lowest BCUT2D eigenvalue weighted by Crippen LogP contribution is -2.55. The summed E-state index contributed by atoms with van der Waals surface area (Å²) >= 11 is 0. The number of carbonyl (C=O) groups excluding carboxylic acids is 1. The lowest BCUT2D eigenvalue weighted by molar-refractivity contribution is -0.0991. The number of rotatable bonds is 3. The number of hydrogen-bond donors (Lipinski definition) is 0. The maximum atomic E-state index is 12.7. The fraction of sp³-hybridized carbons (Fsp3) is 0.462. The Morgan fingerprint density at radius 2 is 1.91 bits per heavy atom. The van der Waals surface area contributed by atoms with Crippen molar-refractivity contribution in [1.82, 2.24) is 0 Å². The van der Waals surface area contributed by atoms with Crippen molar-refractivity contribution in [3.8, 4) is 0 Å². The van der Waals surface area contributed by atoms with Crippen molar-refractivity contribution in [1.29, 1.82) is 0 Å². The zero-order chi connectivity index (χ0) is 15.7. The zero-order valence-corrected chi connectivity index (χ0v) is 12.4. The summed E-state index contributed by atoms with van der Waals surface area (Å²) in [6.45, 7) is 1.70. The number of azide groups is 1. The van der Waals surface area contributed by atoms with Gasteiger partial charge in [0.05, 0.1) is 16.9 Å². The van der Waals surface area contributed by atoms with Gasteiger partial charge in [-0.3, -0.25) is 4.21 Å². The van der Waals surface area contributed by atoms with Crippen molar-refractivity contribution < 1.29 is 23.2 Å². The summed E-state index contributed by atoms with van der Waals surface area (Å²) in [5.41, 5.74) is 7.85. The molecule has 2 saturated heterocycles. The van der Waals surface area contributed by atoms with Crippen LogP contribution in [0.3, 0.4) is 0 Å². The monoisotopic (exact) mass is 323 g/mol. The van der Waals surface area contributed by atoms with Crippen molar-refractivity contribution >= 4 is 17.0 Å². The molecule has 2 heterocycles. The summed E-state index contributed by atoms with van der Waals surface area (Å²) in [4.78, 5) is 14.6. The van der Waals surface area contributed by atoms with E-state index in [1.54, 1.807) is 37.3 Å². The molecule has 6 atom stereocenters. The van der Waals surface area contributed by atoms with Crippen LogP contribution in [0, 0.1) is 0 Å². The number of fused-ring (bicyclic) bond motifs is 1. The van der Waals surface area contributed by atoms with E-state index in [0.717, 1.165) is 0 Å². The summed E-state index contributed by atoms with van der Waals surface area (Å²) in [6.07, 6.45) is -2.83. The van der Waals surface area contributed by atoms with Crippen LogP contribution in [-0.2, 0) is 25.0 Å². The van der Waals surface area contributed by atoms with Gasteiger partial charge >= 0.3 is 6.16 Å². The second-order valence-corrected chi connectivity index (χ2v) is 6.46. The molecule has 0 N–H and O–H groups in total. The molecule has 0 aromatic heterocycles. The third kappa shape index (κ3) is 2.54. The number of benzene rings is 1. The molecule has 2 aliphatic heterocycles. The average Bonchev–Trinajstić information content (AvgIpc) is 2.92. The van der Waals surface area contributed by atoms with E-state index in [4.69, 9.17) is 19.7 Å². The molecule has 6 unspecified atom stereocenters. The molecule has 0 amide bonds. The predicted octanol–water partition coefficient (Wildman–Crippen LogP) is 2.12. The minimum Gasteiger partial charge on any atom is -0.426 e. The zero-order valence-electron chi connectivity index (χ0n) is 11.6. The molecular weight excluding hydrogens is 310 g/mol. The Bertz CT molecular complexity index is 648. The Labute approximate surface area is 128 Å². The Morgan fingerprint density at radius 1 is 1.23 bits per heavy atom. The summed E-state index contributed by atoms with van der Waals surface area (Å²) in [5, 5.41) is 3.63. The standard InChI is InChI=1S/C13H13N3O5S/c1-7-10-11(21-13(17)20-10)9(15-16-14)12(19-7)22(18)8-5-3-2-4-6-8/h2-7,9-12H,1H3. The van der Waals surface area contributed by atoms with E-state index < -0.39 is 46.7 Å². The second kappa shape index (κ2) is 5.96. The molecule has 1 aromatic carbocycles. The van der Waals surface area contributed by atoms with Crippen LogP contribution in [0.4, 0.5) is 4.79 Å². The first-order chi connectivity index (χ1) is 10.6. The fourth-order valence-corrected chi connectivity index (χ4v) is 4.01. The molecule has 0 spiro atoms. The van der Waals surface area contributed by atoms with Crippen molar-refractivity contribution in [2.75, 3.05) is 0 Å². The van der Waals surface area contributed by atoms with Gasteiger partial charge in [0.1, 0.15) is 11.5 Å². The molecule has 116 valence electrons. The van der Waals surface area contributed by atoms with Crippen LogP contribution in [0.5, 0.6) is 0 Å². The molecule has 3 rings (SSSR count). The molecule has 0 radical (unpaired) electrons. The fourth-order valence-electron chi connectivity index (χ4n) is 2.58. The topological polar surface area (TPSA) is 111 Å². The molecule has 0 bridgehead atoms. The van der Waals surface area contributed by atoms with Gasteiger partial charge in [0.15, 0.2) is 12.2 Å². The van der Waals surface area contributed by atoms with E-state index in [1.807, 2.05) is 0 Å². The molecule has 22 heavy (non-hydrogen) atoms. The second-order valence-electron chi connectivity index (χ2n) is 4.93. The lowest BCUT2D eigenvalue weighted by Gasteiger charge is -2.37. The predicted molar refractivity (Wildman–Crippen MR) is 75.3 cm³/mol. The van der Waals surface area contributed by atoms with E-state index in [0.29, 0.717) is 4.90 Å². The van der Waals surface area contributed by atoms with Crippen molar-refractivity contribution in [2.24, 2.45) is 5.11 Å². The normalized spacial score (nSPS) is 34.8. The number of ether oxygens (including phenoxy) is 3. The maximum Gasteiger partial charge on any atom is 0.509 e. The summed E-state index contributed by atoms with van der Waals surface area (Å²) < 4.78 is 28.5. The Kier molecular flexibility index (Phi) is 4.02. The van der Waals surface area contributed by atoms with Crippen LogP contribution in [0.15, 0.2) is 40.3 Å². The van der Waals surface area contributed by atoms with E-state index in [9.17, 15) is 9.00 Å². The molecule has 0 saturated carbocycles.